The smallest absolute Gasteiger partial charge is 0.321 e. The number of nitrogens with one attached hydrogen (secondary N) is 1. The molecule has 1 aliphatic heterocycles. The van der Waals surface area contributed by atoms with Crippen LogP contribution in [0.5, 0.6) is 0 Å². The molecule has 0 spiro atoms. The van der Waals surface area contributed by atoms with Crippen molar-refractivity contribution < 1.29 is 18.7 Å². The number of hydrogen-bond donors (Lipinski definition) is 1. The number of anilines is 1. The molecule has 0 aliphatic carbocycles. The molecule has 2 atom stereocenters. The van der Waals surface area contributed by atoms with Crippen molar-refractivity contribution in [3.63, 3.8) is 0 Å². The lowest BCUT2D eigenvalue weighted by molar-refractivity contribution is -0.152. The lowest BCUT2D eigenvalue weighted by Gasteiger charge is -2.32. The lowest BCUT2D eigenvalue weighted by Crippen LogP contribution is -2.43. The van der Waals surface area contributed by atoms with Gasteiger partial charge in [-0.15, -0.1) is 0 Å². The van der Waals surface area contributed by atoms with E-state index in [1.165, 1.54) is 12.1 Å². The van der Waals surface area contributed by atoms with E-state index >= 15 is 0 Å². The number of aromatic nitrogens is 2. The van der Waals surface area contributed by atoms with Crippen molar-refractivity contribution in [1.29, 1.82) is 0 Å². The Morgan fingerprint density at radius 3 is 2.69 bits per heavy atom. The highest BCUT2D eigenvalue weighted by atomic mass is 19.1. The Morgan fingerprint density at radius 1 is 1.23 bits per heavy atom. The highest BCUT2D eigenvalue weighted by Crippen LogP contribution is 2.38. The first kappa shape index (κ1) is 16.3. The maximum atomic E-state index is 13.4. The molecule has 4 rings (SSSR count). The van der Waals surface area contributed by atoms with Gasteiger partial charge in [-0.1, -0.05) is 24.3 Å². The van der Waals surface area contributed by atoms with Gasteiger partial charge in [0.15, 0.2) is 5.92 Å². The fraction of sp³-hybridized carbons (Fsp3) is 0.211. The van der Waals surface area contributed by atoms with E-state index in [0.29, 0.717) is 17.0 Å². The molecule has 1 amide bonds. The van der Waals surface area contributed by atoms with Crippen LogP contribution in [-0.2, 0) is 14.3 Å². The molecule has 0 saturated heterocycles. The summed E-state index contributed by atoms with van der Waals surface area (Å²) in [4.78, 5) is 29.6. The summed E-state index contributed by atoms with van der Waals surface area (Å²) in [6.07, 6.45) is 0. The number of nitrogens with zero attached hydrogens (tertiary/aromatic N) is 2. The molecule has 0 bridgehead atoms. The van der Waals surface area contributed by atoms with Crippen LogP contribution in [-0.4, -0.2) is 28.0 Å². The van der Waals surface area contributed by atoms with Gasteiger partial charge < -0.3 is 9.30 Å². The third-order valence-electron chi connectivity index (χ3n) is 4.46. The summed E-state index contributed by atoms with van der Waals surface area (Å²) in [5.74, 6) is -2.24. The molecular formula is C19H16FN3O3. The predicted octanol–water partition coefficient (Wildman–Crippen LogP) is 2.90. The van der Waals surface area contributed by atoms with Gasteiger partial charge in [-0.25, -0.2) is 9.37 Å². The van der Waals surface area contributed by atoms with Gasteiger partial charge in [-0.3, -0.25) is 14.9 Å². The largest absolute Gasteiger partial charge is 0.465 e. The van der Waals surface area contributed by atoms with E-state index in [9.17, 15) is 14.0 Å². The third-order valence-corrected chi connectivity index (χ3v) is 4.46. The first-order valence-corrected chi connectivity index (χ1v) is 8.30. The number of rotatable bonds is 3. The van der Waals surface area contributed by atoms with Crippen molar-refractivity contribution in [2.45, 2.75) is 13.0 Å². The fourth-order valence-corrected chi connectivity index (χ4v) is 3.36. The highest BCUT2D eigenvalue weighted by Gasteiger charge is 2.44. The molecule has 1 aliphatic rings. The van der Waals surface area contributed by atoms with Gasteiger partial charge in [0.2, 0.25) is 11.9 Å². The van der Waals surface area contributed by atoms with Crippen LogP contribution < -0.4 is 5.32 Å². The number of benzene rings is 2. The van der Waals surface area contributed by atoms with E-state index in [1.807, 2.05) is 24.3 Å². The molecule has 26 heavy (non-hydrogen) atoms. The first-order chi connectivity index (χ1) is 12.6. The fourth-order valence-electron chi connectivity index (χ4n) is 3.36. The SMILES string of the molecule is CCOC(=O)[C@H]1C(=O)Nc2nc3ccccc3n2[C@H]1c1ccc(F)cc1. The lowest BCUT2D eigenvalue weighted by atomic mass is 9.90. The molecule has 0 fully saturated rings. The maximum Gasteiger partial charge on any atom is 0.321 e. The van der Waals surface area contributed by atoms with Crippen LogP contribution in [0.15, 0.2) is 48.5 Å². The second-order valence-electron chi connectivity index (χ2n) is 6.01. The van der Waals surface area contributed by atoms with Gasteiger partial charge in [0, 0.05) is 0 Å². The zero-order valence-corrected chi connectivity index (χ0v) is 14.0. The zero-order chi connectivity index (χ0) is 18.3. The van der Waals surface area contributed by atoms with E-state index in [2.05, 4.69) is 10.3 Å². The monoisotopic (exact) mass is 353 g/mol. The summed E-state index contributed by atoms with van der Waals surface area (Å²) in [7, 11) is 0. The third kappa shape index (κ3) is 2.52. The maximum absolute atomic E-state index is 13.4. The second-order valence-corrected chi connectivity index (χ2v) is 6.01. The minimum Gasteiger partial charge on any atom is -0.465 e. The molecule has 3 aromatic rings. The summed E-state index contributed by atoms with van der Waals surface area (Å²) < 4.78 is 20.3. The number of amides is 1. The number of halogens is 1. The number of carbonyl (C=O) groups excluding carboxylic acids is 2. The molecule has 0 unspecified atom stereocenters. The van der Waals surface area contributed by atoms with Crippen molar-refractivity contribution in [2.75, 3.05) is 11.9 Å². The molecule has 2 aromatic carbocycles. The van der Waals surface area contributed by atoms with E-state index in [-0.39, 0.29) is 6.61 Å². The Kier molecular flexibility index (Phi) is 3.91. The van der Waals surface area contributed by atoms with E-state index in [1.54, 1.807) is 23.6 Å². The van der Waals surface area contributed by atoms with Gasteiger partial charge in [-0.05, 0) is 36.8 Å². The molecule has 0 saturated carbocycles. The van der Waals surface area contributed by atoms with Crippen molar-refractivity contribution >= 4 is 28.9 Å². The van der Waals surface area contributed by atoms with E-state index < -0.39 is 29.7 Å². The van der Waals surface area contributed by atoms with E-state index in [4.69, 9.17) is 4.74 Å². The quantitative estimate of drug-likeness (QED) is 0.580. The average molecular weight is 353 g/mol. The number of esters is 1. The van der Waals surface area contributed by atoms with Gasteiger partial charge in [0.25, 0.3) is 0 Å². The second kappa shape index (κ2) is 6.25. The Balaban J connectivity index is 1.95. The summed E-state index contributed by atoms with van der Waals surface area (Å²) in [5.41, 5.74) is 2.09. The molecule has 1 N–H and O–H groups in total. The number of carbonyl (C=O) groups is 2. The topological polar surface area (TPSA) is 73.2 Å². The minimum atomic E-state index is -1.09. The van der Waals surface area contributed by atoms with Crippen LogP contribution in [0, 0.1) is 11.7 Å². The van der Waals surface area contributed by atoms with Crippen molar-refractivity contribution in [2.24, 2.45) is 5.92 Å². The van der Waals surface area contributed by atoms with E-state index in [0.717, 1.165) is 5.52 Å². The summed E-state index contributed by atoms with van der Waals surface area (Å²) in [6.45, 7) is 1.85. The molecule has 1 aromatic heterocycles. The average Bonchev–Trinajstić information content (AvgIpc) is 2.99. The van der Waals surface area contributed by atoms with Crippen LogP contribution >= 0.6 is 0 Å². The molecular weight excluding hydrogens is 337 g/mol. The Hall–Kier alpha value is -3.22. The van der Waals surface area contributed by atoms with Crippen molar-refractivity contribution in [1.82, 2.24) is 9.55 Å². The first-order valence-electron chi connectivity index (χ1n) is 8.30. The van der Waals surface area contributed by atoms with Gasteiger partial charge >= 0.3 is 5.97 Å². The molecule has 7 heteroatoms. The van der Waals surface area contributed by atoms with Gasteiger partial charge in [0.05, 0.1) is 23.7 Å². The molecule has 2 heterocycles. The van der Waals surface area contributed by atoms with Crippen LogP contribution in [0.4, 0.5) is 10.3 Å². The minimum absolute atomic E-state index is 0.163. The Bertz CT molecular complexity index is 997. The number of hydrogen-bond acceptors (Lipinski definition) is 4. The number of fused-ring (bicyclic) bond motifs is 3. The van der Waals surface area contributed by atoms with Crippen LogP contribution in [0.1, 0.15) is 18.5 Å². The van der Waals surface area contributed by atoms with Crippen LogP contribution in [0.3, 0.4) is 0 Å². The molecule has 0 radical (unpaired) electrons. The standard InChI is InChI=1S/C19H16FN3O3/c1-2-26-18(25)15-16(11-7-9-12(20)10-8-11)23-14-6-4-3-5-13(14)21-19(23)22-17(15)24/h3-10,15-16H,2H2,1H3,(H,21,22,24)/t15-,16+/m1/s1. The van der Waals surface area contributed by atoms with Crippen LogP contribution in [0.2, 0.25) is 0 Å². The van der Waals surface area contributed by atoms with Crippen molar-refractivity contribution in [3.8, 4) is 0 Å². The zero-order valence-electron chi connectivity index (χ0n) is 14.0. The molecule has 132 valence electrons. The normalized spacial score (nSPS) is 19.1. The van der Waals surface area contributed by atoms with Crippen LogP contribution in [0.25, 0.3) is 11.0 Å². The summed E-state index contributed by atoms with van der Waals surface area (Å²) in [5, 5.41) is 2.69. The molecule has 6 nitrogen and oxygen atoms in total. The predicted molar refractivity (Wildman–Crippen MR) is 93.0 cm³/mol. The Labute approximate surface area is 148 Å². The number of ether oxygens (including phenoxy) is 1. The number of imidazole rings is 1. The Morgan fingerprint density at radius 2 is 1.96 bits per heavy atom. The van der Waals surface area contributed by atoms with Gasteiger partial charge in [-0.2, -0.15) is 0 Å². The number of para-hydroxylation sites is 2. The van der Waals surface area contributed by atoms with Crippen molar-refractivity contribution in [3.05, 3.63) is 59.9 Å². The van der Waals surface area contributed by atoms with Gasteiger partial charge in [0.1, 0.15) is 5.82 Å². The highest BCUT2D eigenvalue weighted by molar-refractivity contribution is 6.07. The summed E-state index contributed by atoms with van der Waals surface area (Å²) >= 11 is 0. The summed E-state index contributed by atoms with van der Waals surface area (Å²) in [6, 6.07) is 12.5.